The molecule has 2 aliphatic heterocycles. The number of hydrogen-bond donors (Lipinski definition) is 0. The molecule has 144 valence electrons. The van der Waals surface area contributed by atoms with E-state index in [-0.39, 0.29) is 18.4 Å². The van der Waals surface area contributed by atoms with E-state index in [9.17, 15) is 9.59 Å². The summed E-state index contributed by atoms with van der Waals surface area (Å²) in [4.78, 5) is 29.2. The smallest absolute Gasteiger partial charge is 0.265 e. The normalized spacial score (nSPS) is 19.2. The van der Waals surface area contributed by atoms with Gasteiger partial charge in [0.25, 0.3) is 11.8 Å². The van der Waals surface area contributed by atoms with Crippen LogP contribution in [0, 0.1) is 0 Å². The van der Waals surface area contributed by atoms with Crippen LogP contribution >= 0.6 is 0 Å². The topological polar surface area (TPSA) is 59.1 Å². The molecule has 2 amide bonds. The Morgan fingerprint density at radius 3 is 2.46 bits per heavy atom. The van der Waals surface area contributed by atoms with E-state index in [4.69, 9.17) is 9.47 Å². The summed E-state index contributed by atoms with van der Waals surface area (Å²) in [5.74, 6) is 0.254. The van der Waals surface area contributed by atoms with Crippen LogP contribution in [0.25, 0.3) is 6.08 Å². The average molecular weight is 378 g/mol. The predicted octanol–water partition coefficient (Wildman–Crippen LogP) is 2.35. The van der Waals surface area contributed by atoms with Gasteiger partial charge in [-0.25, -0.2) is 0 Å². The highest BCUT2D eigenvalue weighted by Crippen LogP contribution is 2.33. The number of nitrogens with zero attached hydrogens (tertiary/aromatic N) is 2. The molecule has 1 atom stereocenters. The van der Waals surface area contributed by atoms with Crippen LogP contribution in [-0.4, -0.2) is 55.7 Å². The molecule has 2 heterocycles. The molecule has 4 rings (SSSR count). The molecule has 1 saturated heterocycles. The second-order valence-corrected chi connectivity index (χ2v) is 6.70. The van der Waals surface area contributed by atoms with Crippen molar-refractivity contribution in [2.24, 2.45) is 0 Å². The van der Waals surface area contributed by atoms with Gasteiger partial charge < -0.3 is 19.3 Å². The van der Waals surface area contributed by atoms with Gasteiger partial charge >= 0.3 is 0 Å². The first kappa shape index (κ1) is 18.3. The van der Waals surface area contributed by atoms with Crippen molar-refractivity contribution in [3.8, 4) is 5.75 Å². The largest absolute Gasteiger partial charge is 0.476 e. The third-order valence-corrected chi connectivity index (χ3v) is 4.86. The molecule has 1 unspecified atom stereocenters. The van der Waals surface area contributed by atoms with Crippen molar-refractivity contribution in [2.45, 2.75) is 6.10 Å². The van der Waals surface area contributed by atoms with E-state index >= 15 is 0 Å². The maximum Gasteiger partial charge on any atom is 0.265 e. The lowest BCUT2D eigenvalue weighted by Crippen LogP contribution is -2.53. The minimum atomic E-state index is -0.720. The molecule has 6 heteroatoms. The summed E-state index contributed by atoms with van der Waals surface area (Å²) >= 11 is 0. The first-order valence-electron chi connectivity index (χ1n) is 9.39. The second kappa shape index (κ2) is 8.27. The van der Waals surface area contributed by atoms with Gasteiger partial charge in [-0.15, -0.1) is 0 Å². The summed E-state index contributed by atoms with van der Waals surface area (Å²) in [7, 11) is 0. The van der Waals surface area contributed by atoms with Crippen molar-refractivity contribution in [1.29, 1.82) is 0 Å². The minimum absolute atomic E-state index is 0.109. The minimum Gasteiger partial charge on any atom is -0.476 e. The van der Waals surface area contributed by atoms with Crippen LogP contribution in [0.3, 0.4) is 0 Å². The fourth-order valence-electron chi connectivity index (χ4n) is 3.38. The fraction of sp³-hybridized carbons (Fsp3) is 0.273. The van der Waals surface area contributed by atoms with Gasteiger partial charge in [0, 0.05) is 19.2 Å². The Hall–Kier alpha value is -3.12. The van der Waals surface area contributed by atoms with Crippen molar-refractivity contribution in [1.82, 2.24) is 4.90 Å². The van der Waals surface area contributed by atoms with E-state index in [1.807, 2.05) is 48.5 Å². The molecule has 0 spiro atoms. The van der Waals surface area contributed by atoms with Gasteiger partial charge in [-0.05, 0) is 23.8 Å². The molecule has 0 aromatic heterocycles. The average Bonchev–Trinajstić information content (AvgIpc) is 2.77. The molecule has 6 nitrogen and oxygen atoms in total. The number of morpholine rings is 1. The highest BCUT2D eigenvalue weighted by molar-refractivity contribution is 6.05. The maximum absolute atomic E-state index is 12.9. The zero-order chi connectivity index (χ0) is 19.3. The number of anilines is 1. The molecule has 2 aliphatic rings. The van der Waals surface area contributed by atoms with Gasteiger partial charge in [0.1, 0.15) is 5.75 Å². The summed E-state index contributed by atoms with van der Waals surface area (Å²) in [5.41, 5.74) is 1.62. The monoisotopic (exact) mass is 378 g/mol. The standard InChI is InChI=1S/C22H22N2O4/c25-21(11-10-17-6-2-1-3-7-17)24-16-20(22(26)23-12-14-27-15-13-23)28-19-9-5-4-8-18(19)24/h1-11,20H,12-16H2. The van der Waals surface area contributed by atoms with Crippen LogP contribution in [0.15, 0.2) is 60.7 Å². The number of rotatable bonds is 3. The molecular weight excluding hydrogens is 356 g/mol. The quantitative estimate of drug-likeness (QED) is 0.770. The summed E-state index contributed by atoms with van der Waals surface area (Å²) in [6, 6.07) is 16.9. The van der Waals surface area contributed by atoms with E-state index in [0.29, 0.717) is 37.7 Å². The Balaban J connectivity index is 1.56. The molecule has 0 N–H and O–H groups in total. The van der Waals surface area contributed by atoms with Crippen molar-refractivity contribution in [3.05, 3.63) is 66.2 Å². The number of ether oxygens (including phenoxy) is 2. The van der Waals surface area contributed by atoms with E-state index < -0.39 is 6.10 Å². The molecule has 2 aromatic rings. The van der Waals surface area contributed by atoms with Crippen molar-refractivity contribution < 1.29 is 19.1 Å². The zero-order valence-electron chi connectivity index (χ0n) is 15.5. The van der Waals surface area contributed by atoms with E-state index in [2.05, 4.69) is 0 Å². The lowest BCUT2D eigenvalue weighted by atomic mass is 10.1. The van der Waals surface area contributed by atoms with Gasteiger partial charge in [-0.3, -0.25) is 9.59 Å². The zero-order valence-corrected chi connectivity index (χ0v) is 15.5. The second-order valence-electron chi connectivity index (χ2n) is 6.70. The summed E-state index contributed by atoms with van der Waals surface area (Å²) in [6.07, 6.45) is 2.59. The molecule has 0 aliphatic carbocycles. The number of carbonyl (C=O) groups excluding carboxylic acids is 2. The lowest BCUT2D eigenvalue weighted by molar-refractivity contribution is -0.142. The molecule has 0 bridgehead atoms. The van der Waals surface area contributed by atoms with Gasteiger partial charge in [-0.2, -0.15) is 0 Å². The van der Waals surface area contributed by atoms with Crippen LogP contribution in [0.1, 0.15) is 5.56 Å². The molecule has 2 aromatic carbocycles. The third-order valence-electron chi connectivity index (χ3n) is 4.86. The van der Waals surface area contributed by atoms with Crippen LogP contribution in [-0.2, 0) is 14.3 Å². The molecule has 1 fully saturated rings. The van der Waals surface area contributed by atoms with E-state index in [1.165, 1.54) is 6.08 Å². The number of carbonyl (C=O) groups is 2. The number of benzene rings is 2. The van der Waals surface area contributed by atoms with Crippen molar-refractivity contribution >= 4 is 23.6 Å². The first-order valence-corrected chi connectivity index (χ1v) is 9.39. The van der Waals surface area contributed by atoms with Gasteiger partial charge in [0.15, 0.2) is 6.10 Å². The van der Waals surface area contributed by atoms with Gasteiger partial charge in [0.2, 0.25) is 0 Å². The Morgan fingerprint density at radius 1 is 0.964 bits per heavy atom. The number of amides is 2. The Morgan fingerprint density at radius 2 is 1.68 bits per heavy atom. The van der Waals surface area contributed by atoms with Crippen LogP contribution in [0.4, 0.5) is 5.69 Å². The summed E-state index contributed by atoms with van der Waals surface area (Å²) < 4.78 is 11.3. The molecule has 0 radical (unpaired) electrons. The predicted molar refractivity (Wildman–Crippen MR) is 106 cm³/mol. The third kappa shape index (κ3) is 3.92. The van der Waals surface area contributed by atoms with Gasteiger partial charge in [0.05, 0.1) is 25.4 Å². The Kier molecular flexibility index (Phi) is 5.39. The van der Waals surface area contributed by atoms with Gasteiger partial charge in [-0.1, -0.05) is 42.5 Å². The first-order chi connectivity index (χ1) is 13.7. The van der Waals surface area contributed by atoms with Crippen molar-refractivity contribution in [3.63, 3.8) is 0 Å². The number of hydrogen-bond acceptors (Lipinski definition) is 4. The van der Waals surface area contributed by atoms with Crippen LogP contribution in [0.5, 0.6) is 5.75 Å². The highest BCUT2D eigenvalue weighted by Gasteiger charge is 2.35. The van der Waals surface area contributed by atoms with Crippen LogP contribution in [0.2, 0.25) is 0 Å². The summed E-state index contributed by atoms with van der Waals surface area (Å²) in [5, 5.41) is 0. The fourth-order valence-corrected chi connectivity index (χ4v) is 3.38. The Bertz CT molecular complexity index is 875. The van der Waals surface area contributed by atoms with E-state index in [1.54, 1.807) is 21.9 Å². The summed E-state index contributed by atoms with van der Waals surface area (Å²) in [6.45, 7) is 2.32. The number of fused-ring (bicyclic) bond motifs is 1. The SMILES string of the molecule is O=C(C1CN(C(=O)C=Cc2ccccc2)c2ccccc2O1)N1CCOCC1. The maximum atomic E-state index is 12.9. The Labute approximate surface area is 164 Å². The molecule has 28 heavy (non-hydrogen) atoms. The highest BCUT2D eigenvalue weighted by atomic mass is 16.5. The number of para-hydroxylation sites is 2. The van der Waals surface area contributed by atoms with Crippen molar-refractivity contribution in [2.75, 3.05) is 37.7 Å². The van der Waals surface area contributed by atoms with Crippen LogP contribution < -0.4 is 9.64 Å². The molecular formula is C22H22N2O4. The van der Waals surface area contributed by atoms with E-state index in [0.717, 1.165) is 5.56 Å². The lowest BCUT2D eigenvalue weighted by Gasteiger charge is -2.37. The molecule has 0 saturated carbocycles.